The zero-order valence-corrected chi connectivity index (χ0v) is 11.8. The van der Waals surface area contributed by atoms with Crippen LogP contribution in [0.1, 0.15) is 12.5 Å². The van der Waals surface area contributed by atoms with Gasteiger partial charge in [-0.25, -0.2) is 0 Å². The van der Waals surface area contributed by atoms with Crippen molar-refractivity contribution in [3.63, 3.8) is 0 Å². The fourth-order valence-electron chi connectivity index (χ4n) is 1.54. The predicted molar refractivity (Wildman–Crippen MR) is 69.4 cm³/mol. The summed E-state index contributed by atoms with van der Waals surface area (Å²) in [4.78, 5) is 0. The van der Waals surface area contributed by atoms with E-state index in [2.05, 4.69) is 15.9 Å². The summed E-state index contributed by atoms with van der Waals surface area (Å²) in [5.41, 5.74) is 1.13. The molecule has 0 fully saturated rings. The van der Waals surface area contributed by atoms with Crippen LogP contribution in [0.15, 0.2) is 16.6 Å². The van der Waals surface area contributed by atoms with Crippen LogP contribution in [0.25, 0.3) is 0 Å². The molecule has 0 aliphatic carbocycles. The third kappa shape index (κ3) is 4.18. The summed E-state index contributed by atoms with van der Waals surface area (Å²) in [5.74, 6) is 1.47. The van der Waals surface area contributed by atoms with E-state index in [1.54, 1.807) is 7.11 Å². The summed E-state index contributed by atoms with van der Waals surface area (Å²) in [6.45, 7) is 4.24. The maximum atomic E-state index is 8.73. The molecule has 0 saturated carbocycles. The molecule has 0 aromatic heterocycles. The summed E-state index contributed by atoms with van der Waals surface area (Å²) in [7, 11) is 1.63. The number of aliphatic hydroxyl groups excluding tert-OH is 1. The Morgan fingerprint density at radius 2 is 2.18 bits per heavy atom. The van der Waals surface area contributed by atoms with Crippen LogP contribution in [0.3, 0.4) is 0 Å². The van der Waals surface area contributed by atoms with Crippen LogP contribution in [0.2, 0.25) is 0 Å². The molecule has 0 aliphatic rings. The van der Waals surface area contributed by atoms with Crippen molar-refractivity contribution in [3.8, 4) is 11.5 Å². The van der Waals surface area contributed by atoms with E-state index in [4.69, 9.17) is 14.6 Å². The van der Waals surface area contributed by atoms with Crippen molar-refractivity contribution < 1.29 is 19.9 Å². The molecule has 0 radical (unpaired) electrons. The first-order chi connectivity index (χ1) is 8.22. The molecule has 96 valence electrons. The number of aliphatic hydroxyl groups is 1. The molecule has 0 saturated heterocycles. The fraction of sp³-hybridized carbons (Fsp3) is 0.500. The molecule has 1 aromatic rings. The first-order valence-electron chi connectivity index (χ1n) is 5.64. The second kappa shape index (κ2) is 7.53. The molecule has 0 atom stereocenters. The quantitative estimate of drug-likeness (QED) is 0.736. The average Bonchev–Trinajstić information content (AvgIpc) is 2.32. The van der Waals surface area contributed by atoms with Crippen molar-refractivity contribution in [1.82, 2.24) is 0 Å². The highest BCUT2D eigenvalue weighted by atomic mass is 79.9. The van der Waals surface area contributed by atoms with Crippen LogP contribution in [0.5, 0.6) is 11.5 Å². The molecule has 3 N–H and O–H groups in total. The van der Waals surface area contributed by atoms with Crippen LogP contribution < -0.4 is 14.8 Å². The molecule has 0 bridgehead atoms. The Hall–Kier alpha value is -0.780. The van der Waals surface area contributed by atoms with Crippen molar-refractivity contribution in [1.29, 1.82) is 0 Å². The molecule has 0 spiro atoms. The zero-order valence-electron chi connectivity index (χ0n) is 10.2. The monoisotopic (exact) mass is 304 g/mol. The first kappa shape index (κ1) is 14.3. The molecule has 17 heavy (non-hydrogen) atoms. The van der Waals surface area contributed by atoms with Crippen LogP contribution in [0, 0.1) is 0 Å². The third-order valence-corrected chi connectivity index (χ3v) is 2.88. The largest absolute Gasteiger partial charge is 0.493 e. The Balaban J connectivity index is 2.84. The second-order valence-electron chi connectivity index (χ2n) is 3.55. The molecule has 0 aliphatic heterocycles. The van der Waals surface area contributed by atoms with Gasteiger partial charge in [0.1, 0.15) is 6.54 Å². The highest BCUT2D eigenvalue weighted by Gasteiger charge is 2.11. The van der Waals surface area contributed by atoms with Gasteiger partial charge in [0.25, 0.3) is 0 Å². The van der Waals surface area contributed by atoms with Gasteiger partial charge < -0.3 is 19.9 Å². The van der Waals surface area contributed by atoms with E-state index < -0.39 is 0 Å². The van der Waals surface area contributed by atoms with Crippen molar-refractivity contribution in [2.24, 2.45) is 0 Å². The minimum absolute atomic E-state index is 0.190. The highest BCUT2D eigenvalue weighted by Crippen LogP contribution is 2.36. The lowest BCUT2D eigenvalue weighted by molar-refractivity contribution is -0.671. The lowest BCUT2D eigenvalue weighted by atomic mass is 10.2. The van der Waals surface area contributed by atoms with Gasteiger partial charge in [-0.15, -0.1) is 0 Å². The van der Waals surface area contributed by atoms with Crippen molar-refractivity contribution in [3.05, 3.63) is 22.2 Å². The summed E-state index contributed by atoms with van der Waals surface area (Å²) in [6.07, 6.45) is 0. The number of hydrogen-bond acceptors (Lipinski definition) is 3. The summed E-state index contributed by atoms with van der Waals surface area (Å²) in [5, 5.41) is 10.8. The number of quaternary nitrogens is 1. The Kier molecular flexibility index (Phi) is 6.32. The maximum Gasteiger partial charge on any atom is 0.175 e. The Morgan fingerprint density at radius 1 is 1.41 bits per heavy atom. The standard InChI is InChI=1S/C12H18BrNO3/c1-3-17-12-10(13)6-9(7-11(12)16-2)8-14-4-5-15/h6-7,14-15H,3-5,8H2,1-2H3/p+1. The zero-order chi connectivity index (χ0) is 12.7. The summed E-state index contributed by atoms with van der Waals surface area (Å²) >= 11 is 3.48. The minimum atomic E-state index is 0.190. The molecule has 1 aromatic carbocycles. The maximum absolute atomic E-state index is 8.73. The summed E-state index contributed by atoms with van der Waals surface area (Å²) < 4.78 is 11.7. The normalized spacial score (nSPS) is 10.4. The molecule has 0 heterocycles. The third-order valence-electron chi connectivity index (χ3n) is 2.29. The first-order valence-corrected chi connectivity index (χ1v) is 6.44. The molecular formula is C12H19BrNO3+. The number of halogens is 1. The molecule has 1 rings (SSSR count). The number of ether oxygens (including phenoxy) is 2. The van der Waals surface area contributed by atoms with E-state index in [1.165, 1.54) is 0 Å². The van der Waals surface area contributed by atoms with Gasteiger partial charge in [-0.1, -0.05) is 0 Å². The number of benzene rings is 1. The lowest BCUT2D eigenvalue weighted by Crippen LogP contribution is -2.83. The van der Waals surface area contributed by atoms with Gasteiger partial charge in [0.2, 0.25) is 0 Å². The SMILES string of the molecule is CCOc1c(Br)cc(C[NH2+]CCO)cc1OC. The van der Waals surface area contributed by atoms with Gasteiger partial charge in [0.05, 0.1) is 31.3 Å². The van der Waals surface area contributed by atoms with Crippen LogP contribution in [-0.2, 0) is 6.54 Å². The smallest absolute Gasteiger partial charge is 0.175 e. The lowest BCUT2D eigenvalue weighted by Gasteiger charge is -2.12. The van der Waals surface area contributed by atoms with Gasteiger partial charge in [-0.2, -0.15) is 0 Å². The fourth-order valence-corrected chi connectivity index (χ4v) is 2.14. The highest BCUT2D eigenvalue weighted by molar-refractivity contribution is 9.10. The molecule has 5 heteroatoms. The van der Waals surface area contributed by atoms with E-state index >= 15 is 0 Å². The van der Waals surface area contributed by atoms with Crippen LogP contribution in [-0.4, -0.2) is 32.0 Å². The van der Waals surface area contributed by atoms with Gasteiger partial charge in [0, 0.05) is 5.56 Å². The van der Waals surface area contributed by atoms with E-state index in [1.807, 2.05) is 24.4 Å². The molecule has 0 unspecified atom stereocenters. The van der Waals surface area contributed by atoms with E-state index in [0.717, 1.165) is 28.1 Å². The van der Waals surface area contributed by atoms with E-state index in [9.17, 15) is 0 Å². The van der Waals surface area contributed by atoms with E-state index in [0.29, 0.717) is 13.2 Å². The molecule has 4 nitrogen and oxygen atoms in total. The van der Waals surface area contributed by atoms with Gasteiger partial charge in [-0.3, -0.25) is 0 Å². The van der Waals surface area contributed by atoms with Gasteiger partial charge >= 0.3 is 0 Å². The van der Waals surface area contributed by atoms with E-state index in [-0.39, 0.29) is 6.61 Å². The van der Waals surface area contributed by atoms with Crippen molar-refractivity contribution in [2.75, 3.05) is 26.9 Å². The second-order valence-corrected chi connectivity index (χ2v) is 4.40. The van der Waals surface area contributed by atoms with Crippen molar-refractivity contribution >= 4 is 15.9 Å². The van der Waals surface area contributed by atoms with Gasteiger partial charge in [-0.05, 0) is 35.0 Å². The average molecular weight is 305 g/mol. The van der Waals surface area contributed by atoms with Crippen LogP contribution >= 0.6 is 15.9 Å². The van der Waals surface area contributed by atoms with Crippen LogP contribution in [0.4, 0.5) is 0 Å². The number of nitrogens with two attached hydrogens (primary N) is 1. The number of methoxy groups -OCH3 is 1. The minimum Gasteiger partial charge on any atom is -0.493 e. The van der Waals surface area contributed by atoms with Gasteiger partial charge in [0.15, 0.2) is 11.5 Å². The number of rotatable bonds is 7. The Morgan fingerprint density at radius 3 is 2.76 bits per heavy atom. The summed E-state index contributed by atoms with van der Waals surface area (Å²) in [6, 6.07) is 3.98. The predicted octanol–water partition coefficient (Wildman–Crippen LogP) is 0.912. The number of hydrogen-bond donors (Lipinski definition) is 2. The molecule has 0 amide bonds. The molecular weight excluding hydrogens is 286 g/mol. The Bertz CT molecular complexity index is 358. The van der Waals surface area contributed by atoms with Crippen molar-refractivity contribution in [2.45, 2.75) is 13.5 Å². The Labute approximate surface area is 110 Å². The topological polar surface area (TPSA) is 55.3 Å².